The fraction of sp³-hybridized carbons (Fsp3) is 0.368. The topological polar surface area (TPSA) is 100 Å². The molecule has 1 aliphatic heterocycles. The maximum Gasteiger partial charge on any atom is 0.422 e. The molecule has 11 heteroatoms. The fourth-order valence-electron chi connectivity index (χ4n) is 3.38. The van der Waals surface area contributed by atoms with Gasteiger partial charge in [-0.2, -0.15) is 18.3 Å². The first-order chi connectivity index (χ1) is 14.2. The fourth-order valence-corrected chi connectivity index (χ4v) is 3.38. The van der Waals surface area contributed by atoms with E-state index in [0.29, 0.717) is 30.8 Å². The van der Waals surface area contributed by atoms with Gasteiger partial charge in [-0.3, -0.25) is 5.01 Å². The highest BCUT2D eigenvalue weighted by Gasteiger charge is 2.34. The molecule has 0 aromatic heterocycles. The molecule has 0 saturated carbocycles. The van der Waals surface area contributed by atoms with Crippen LogP contribution in [0.5, 0.6) is 5.75 Å². The Morgan fingerprint density at radius 3 is 2.83 bits per heavy atom. The van der Waals surface area contributed by atoms with Crippen molar-refractivity contribution in [2.45, 2.75) is 25.1 Å². The van der Waals surface area contributed by atoms with Gasteiger partial charge in [0, 0.05) is 24.2 Å². The van der Waals surface area contributed by atoms with Gasteiger partial charge in [0.25, 0.3) is 0 Å². The van der Waals surface area contributed by atoms with E-state index in [1.807, 2.05) is 0 Å². The van der Waals surface area contributed by atoms with Gasteiger partial charge >= 0.3 is 12.3 Å². The number of rotatable bonds is 7. The maximum absolute atomic E-state index is 14.2. The number of hydrogen-bond acceptors (Lipinski definition) is 5. The normalized spacial score (nSPS) is 18.3. The third-order valence-electron chi connectivity index (χ3n) is 4.66. The zero-order chi connectivity index (χ0) is 21.9. The Balaban J connectivity index is 1.78. The Bertz CT molecular complexity index is 912. The molecule has 3 rings (SSSR count). The summed E-state index contributed by atoms with van der Waals surface area (Å²) in [6.07, 6.45) is -1.54. The Kier molecular flexibility index (Phi) is 6.18. The molecule has 1 heterocycles. The van der Waals surface area contributed by atoms with Crippen molar-refractivity contribution in [1.82, 2.24) is 10.3 Å². The van der Waals surface area contributed by atoms with Crippen molar-refractivity contribution < 1.29 is 32.2 Å². The molecular weight excluding hydrogens is 408 g/mol. The molecule has 1 aliphatic carbocycles. The zero-order valence-electron chi connectivity index (χ0n) is 15.7. The molecule has 1 aromatic carbocycles. The van der Waals surface area contributed by atoms with Gasteiger partial charge in [-0.25, -0.2) is 9.18 Å². The number of ether oxygens (including phenoxy) is 1. The molecule has 1 unspecified atom stereocenters. The molecule has 1 atom stereocenters. The van der Waals surface area contributed by atoms with Crippen LogP contribution in [-0.2, 0) is 0 Å². The number of hydrazone groups is 1. The van der Waals surface area contributed by atoms with Crippen LogP contribution in [0.1, 0.15) is 18.4 Å². The predicted octanol–water partition coefficient (Wildman–Crippen LogP) is 3.09. The van der Waals surface area contributed by atoms with Crippen LogP contribution in [0.2, 0.25) is 0 Å². The highest BCUT2D eigenvalue weighted by Crippen LogP contribution is 2.38. The lowest BCUT2D eigenvalue weighted by molar-refractivity contribution is -0.153. The van der Waals surface area contributed by atoms with E-state index in [9.17, 15) is 22.4 Å². The van der Waals surface area contributed by atoms with Gasteiger partial charge in [0.15, 0.2) is 18.2 Å². The minimum atomic E-state index is -4.60. The number of fused-ring (bicyclic) bond motifs is 1. The highest BCUT2D eigenvalue weighted by atomic mass is 19.4. The summed E-state index contributed by atoms with van der Waals surface area (Å²) >= 11 is 0. The molecule has 4 N–H and O–H groups in total. The van der Waals surface area contributed by atoms with Gasteiger partial charge in [-0.05, 0) is 24.5 Å². The van der Waals surface area contributed by atoms with Crippen LogP contribution in [0.15, 0.2) is 41.0 Å². The lowest BCUT2D eigenvalue weighted by Gasteiger charge is -2.28. The van der Waals surface area contributed by atoms with Crippen LogP contribution in [0, 0.1) is 5.82 Å². The molecular formula is C19H20F4N4O3. The molecule has 1 aromatic rings. The second-order valence-corrected chi connectivity index (χ2v) is 6.79. The molecule has 7 nitrogen and oxygen atoms in total. The number of allylic oxidation sites excluding steroid dienone is 2. The summed E-state index contributed by atoms with van der Waals surface area (Å²) in [5.74, 6) is -1.03. The number of amidine groups is 1. The number of hydrogen-bond donors (Lipinski definition) is 3. The average molecular weight is 428 g/mol. The van der Waals surface area contributed by atoms with Gasteiger partial charge in [0.05, 0.1) is 6.04 Å². The van der Waals surface area contributed by atoms with Crippen molar-refractivity contribution in [3.63, 3.8) is 0 Å². The van der Waals surface area contributed by atoms with Crippen molar-refractivity contribution in [1.29, 1.82) is 0 Å². The van der Waals surface area contributed by atoms with Crippen LogP contribution < -0.4 is 15.8 Å². The van der Waals surface area contributed by atoms with Gasteiger partial charge in [-0.15, -0.1) is 0 Å². The SMILES string of the molecule is NC1=NN(CCCNC(=O)O)C2CC(c3cccc(F)c3OCC(F)(F)F)=CC=C12. The summed E-state index contributed by atoms with van der Waals surface area (Å²) in [6.45, 7) is -0.955. The van der Waals surface area contributed by atoms with Gasteiger partial charge in [0.2, 0.25) is 0 Å². The molecule has 0 radical (unpaired) electrons. The molecule has 30 heavy (non-hydrogen) atoms. The first-order valence-electron chi connectivity index (χ1n) is 9.13. The lowest BCUT2D eigenvalue weighted by Crippen LogP contribution is -2.33. The molecule has 0 fully saturated rings. The Morgan fingerprint density at radius 2 is 2.13 bits per heavy atom. The number of amides is 1. The maximum atomic E-state index is 14.2. The second-order valence-electron chi connectivity index (χ2n) is 6.79. The van der Waals surface area contributed by atoms with Crippen LogP contribution in [-0.4, -0.2) is 54.0 Å². The first-order valence-corrected chi connectivity index (χ1v) is 9.13. The minimum absolute atomic E-state index is 0.229. The van der Waals surface area contributed by atoms with E-state index in [2.05, 4.69) is 10.4 Å². The molecule has 0 saturated heterocycles. The third-order valence-corrected chi connectivity index (χ3v) is 4.66. The van der Waals surface area contributed by atoms with Crippen molar-refractivity contribution in [2.24, 2.45) is 10.8 Å². The number of nitrogens with zero attached hydrogens (tertiary/aromatic N) is 2. The number of carbonyl (C=O) groups is 1. The molecule has 0 spiro atoms. The van der Waals surface area contributed by atoms with Crippen molar-refractivity contribution in [2.75, 3.05) is 19.7 Å². The minimum Gasteiger partial charge on any atom is -0.480 e. The van der Waals surface area contributed by atoms with E-state index < -0.39 is 30.4 Å². The summed E-state index contributed by atoms with van der Waals surface area (Å²) in [5, 5.41) is 16.9. The molecule has 162 valence electrons. The van der Waals surface area contributed by atoms with E-state index in [1.165, 1.54) is 12.1 Å². The second kappa shape index (κ2) is 8.64. The number of nitrogens with one attached hydrogen (secondary N) is 1. The van der Waals surface area contributed by atoms with Crippen molar-refractivity contribution in [3.05, 3.63) is 47.3 Å². The first kappa shape index (κ1) is 21.5. The van der Waals surface area contributed by atoms with E-state index in [4.69, 9.17) is 15.6 Å². The Hall–Kier alpha value is -3.24. The number of alkyl halides is 3. The summed E-state index contributed by atoms with van der Waals surface area (Å²) in [6, 6.07) is 3.66. The zero-order valence-corrected chi connectivity index (χ0v) is 15.7. The molecule has 0 bridgehead atoms. The monoisotopic (exact) mass is 428 g/mol. The van der Waals surface area contributed by atoms with Crippen molar-refractivity contribution in [3.8, 4) is 5.75 Å². The lowest BCUT2D eigenvalue weighted by atomic mass is 9.88. The smallest absolute Gasteiger partial charge is 0.422 e. The van der Waals surface area contributed by atoms with Crippen LogP contribution in [0.25, 0.3) is 5.57 Å². The van der Waals surface area contributed by atoms with Gasteiger partial charge in [0.1, 0.15) is 5.84 Å². The van der Waals surface area contributed by atoms with Crippen molar-refractivity contribution >= 4 is 17.5 Å². The van der Waals surface area contributed by atoms with Gasteiger partial charge in [-0.1, -0.05) is 24.3 Å². The van der Waals surface area contributed by atoms with Gasteiger partial charge < -0.3 is 20.9 Å². The third kappa shape index (κ3) is 5.02. The summed E-state index contributed by atoms with van der Waals surface area (Å²) < 4.78 is 56.7. The van der Waals surface area contributed by atoms with E-state index in [1.54, 1.807) is 17.2 Å². The number of benzene rings is 1. The Morgan fingerprint density at radius 1 is 1.37 bits per heavy atom. The number of nitrogens with two attached hydrogens (primary N) is 1. The average Bonchev–Trinajstić information content (AvgIpc) is 2.98. The largest absolute Gasteiger partial charge is 0.480 e. The summed E-state index contributed by atoms with van der Waals surface area (Å²) in [4.78, 5) is 10.5. The van der Waals surface area contributed by atoms with E-state index in [0.717, 1.165) is 11.6 Å². The van der Waals surface area contributed by atoms with Crippen LogP contribution >= 0.6 is 0 Å². The number of carboxylic acid groups (broad SMARTS) is 1. The van der Waals surface area contributed by atoms with Crippen LogP contribution in [0.3, 0.4) is 0 Å². The summed E-state index contributed by atoms with van der Waals surface area (Å²) in [5.41, 5.74) is 7.52. The Labute approximate surface area is 169 Å². The molecule has 2 aliphatic rings. The van der Waals surface area contributed by atoms with Crippen LogP contribution in [0.4, 0.5) is 22.4 Å². The number of halogens is 4. The van der Waals surface area contributed by atoms with E-state index >= 15 is 0 Å². The number of para-hydroxylation sites is 1. The predicted molar refractivity (Wildman–Crippen MR) is 101 cm³/mol. The standard InChI is InChI=1S/C19H20F4N4O3/c20-14-4-1-3-12(16(14)30-10-19(21,22)23)11-5-6-13-15(9-11)27(26-17(13)24)8-2-7-25-18(28)29/h1,3-6,15,25H,2,7-10H2,(H2,24,26)(H,28,29). The summed E-state index contributed by atoms with van der Waals surface area (Å²) in [7, 11) is 0. The highest BCUT2D eigenvalue weighted by molar-refractivity contribution is 6.01. The molecule has 1 amide bonds. The quantitative estimate of drug-likeness (QED) is 0.458. The van der Waals surface area contributed by atoms with E-state index in [-0.39, 0.29) is 18.2 Å².